The first kappa shape index (κ1) is 18.5. The number of nitrogens with zero attached hydrogens (tertiary/aromatic N) is 3. The molecule has 2 aliphatic rings. The maximum Gasteiger partial charge on any atom is 0.219 e. The minimum Gasteiger partial charge on any atom is -0.438 e. The fourth-order valence-electron chi connectivity index (χ4n) is 3.55. The topological polar surface area (TPSA) is 63.7 Å². The van der Waals surface area contributed by atoms with Gasteiger partial charge in [-0.05, 0) is 57.2 Å². The lowest BCUT2D eigenvalue weighted by atomic mass is 9.92. The zero-order valence-electron chi connectivity index (χ0n) is 16.9. The van der Waals surface area contributed by atoms with E-state index in [1.54, 1.807) is 6.20 Å². The Labute approximate surface area is 166 Å². The average molecular weight is 377 g/mol. The SMILES string of the molecule is Cc1ccc(Oc2c(C(C=NC3CC3)=CN)ccc3c2CCC(C)N3C)nc1. The lowest BCUT2D eigenvalue weighted by molar-refractivity contribution is 0.450. The van der Waals surface area contributed by atoms with Crippen LogP contribution in [0.2, 0.25) is 0 Å². The molecule has 1 aromatic heterocycles. The fourth-order valence-corrected chi connectivity index (χ4v) is 3.55. The number of hydrogen-bond acceptors (Lipinski definition) is 5. The molecule has 0 saturated heterocycles. The molecule has 1 unspecified atom stereocenters. The second-order valence-electron chi connectivity index (χ2n) is 7.85. The normalized spacial score (nSPS) is 19.8. The summed E-state index contributed by atoms with van der Waals surface area (Å²) in [4.78, 5) is 11.4. The van der Waals surface area contributed by atoms with Gasteiger partial charge in [-0.15, -0.1) is 0 Å². The molecule has 1 atom stereocenters. The molecular weight excluding hydrogens is 348 g/mol. The number of allylic oxidation sites excluding steroid dienone is 1. The van der Waals surface area contributed by atoms with Gasteiger partial charge in [-0.1, -0.05) is 6.07 Å². The van der Waals surface area contributed by atoms with Crippen molar-refractivity contribution < 1.29 is 4.74 Å². The van der Waals surface area contributed by atoms with Crippen molar-refractivity contribution in [3.8, 4) is 11.6 Å². The predicted octanol–water partition coefficient (Wildman–Crippen LogP) is 4.49. The minimum absolute atomic E-state index is 0.447. The van der Waals surface area contributed by atoms with E-state index in [0.29, 0.717) is 18.0 Å². The summed E-state index contributed by atoms with van der Waals surface area (Å²) in [5, 5.41) is 0. The zero-order valence-corrected chi connectivity index (χ0v) is 16.9. The van der Waals surface area contributed by atoms with Crippen molar-refractivity contribution in [3.05, 3.63) is 53.4 Å². The molecule has 1 aromatic carbocycles. The van der Waals surface area contributed by atoms with Crippen molar-refractivity contribution in [1.29, 1.82) is 0 Å². The summed E-state index contributed by atoms with van der Waals surface area (Å²) >= 11 is 0. The number of anilines is 1. The highest BCUT2D eigenvalue weighted by molar-refractivity contribution is 6.11. The van der Waals surface area contributed by atoms with Crippen molar-refractivity contribution >= 4 is 17.5 Å². The van der Waals surface area contributed by atoms with Gasteiger partial charge in [0.25, 0.3) is 0 Å². The minimum atomic E-state index is 0.447. The van der Waals surface area contributed by atoms with Gasteiger partial charge in [0.1, 0.15) is 5.75 Å². The number of pyridine rings is 1. The van der Waals surface area contributed by atoms with Crippen molar-refractivity contribution in [2.45, 2.75) is 51.6 Å². The third-order valence-electron chi connectivity index (χ3n) is 5.64. The Hall–Kier alpha value is -2.82. The summed E-state index contributed by atoms with van der Waals surface area (Å²) in [5.41, 5.74) is 11.4. The van der Waals surface area contributed by atoms with Gasteiger partial charge in [-0.25, -0.2) is 4.98 Å². The average Bonchev–Trinajstić information content (AvgIpc) is 3.52. The van der Waals surface area contributed by atoms with E-state index < -0.39 is 0 Å². The number of nitrogens with two attached hydrogens (primary N) is 1. The number of rotatable bonds is 5. The third-order valence-corrected chi connectivity index (χ3v) is 5.64. The molecule has 1 fully saturated rings. The molecule has 4 rings (SSSR count). The fraction of sp³-hybridized carbons (Fsp3) is 0.391. The zero-order chi connectivity index (χ0) is 19.7. The summed E-state index contributed by atoms with van der Waals surface area (Å²) < 4.78 is 6.36. The van der Waals surface area contributed by atoms with Crippen LogP contribution in [0.1, 0.15) is 42.9 Å². The van der Waals surface area contributed by atoms with Crippen LogP contribution >= 0.6 is 0 Å². The van der Waals surface area contributed by atoms with Crippen LogP contribution < -0.4 is 15.4 Å². The van der Waals surface area contributed by atoms with Crippen LogP contribution in [0.3, 0.4) is 0 Å². The van der Waals surface area contributed by atoms with E-state index in [9.17, 15) is 0 Å². The van der Waals surface area contributed by atoms with Crippen LogP contribution in [0.15, 0.2) is 41.7 Å². The van der Waals surface area contributed by atoms with Crippen LogP contribution in [0.5, 0.6) is 11.6 Å². The van der Waals surface area contributed by atoms with E-state index in [1.807, 2.05) is 31.5 Å². The van der Waals surface area contributed by atoms with Gasteiger partial charge < -0.3 is 15.4 Å². The van der Waals surface area contributed by atoms with Gasteiger partial charge in [-0.3, -0.25) is 4.99 Å². The first-order valence-electron chi connectivity index (χ1n) is 10.0. The van der Waals surface area contributed by atoms with Crippen LogP contribution in [0.4, 0.5) is 5.69 Å². The van der Waals surface area contributed by atoms with E-state index in [-0.39, 0.29) is 0 Å². The van der Waals surface area contributed by atoms with Crippen molar-refractivity contribution in [3.63, 3.8) is 0 Å². The highest BCUT2D eigenvalue weighted by Gasteiger charge is 2.26. The maximum absolute atomic E-state index is 6.36. The van der Waals surface area contributed by atoms with E-state index in [2.05, 4.69) is 41.0 Å². The van der Waals surface area contributed by atoms with E-state index in [1.165, 1.54) is 11.3 Å². The van der Waals surface area contributed by atoms with Crippen molar-refractivity contribution in [1.82, 2.24) is 4.98 Å². The quantitative estimate of drug-likeness (QED) is 0.781. The largest absolute Gasteiger partial charge is 0.438 e. The molecule has 146 valence electrons. The predicted molar refractivity (Wildman–Crippen MR) is 115 cm³/mol. The number of ether oxygens (including phenoxy) is 1. The van der Waals surface area contributed by atoms with Crippen LogP contribution in [-0.2, 0) is 6.42 Å². The number of aromatic nitrogens is 1. The summed E-state index contributed by atoms with van der Waals surface area (Å²) in [6, 6.07) is 9.14. The Morgan fingerprint density at radius 2 is 2.07 bits per heavy atom. The molecule has 5 heteroatoms. The highest BCUT2D eigenvalue weighted by atomic mass is 16.5. The van der Waals surface area contributed by atoms with Crippen molar-refractivity contribution in [2.24, 2.45) is 10.7 Å². The molecule has 0 amide bonds. The first-order valence-corrected chi connectivity index (χ1v) is 10.0. The Bertz CT molecular complexity index is 913. The van der Waals surface area contributed by atoms with E-state index in [0.717, 1.165) is 48.1 Å². The maximum atomic E-state index is 6.36. The van der Waals surface area contributed by atoms with Gasteiger partial charge in [0, 0.05) is 60.2 Å². The smallest absolute Gasteiger partial charge is 0.219 e. The molecule has 2 aromatic rings. The second kappa shape index (κ2) is 7.66. The standard InChI is InChI=1S/C23H28N4O/c1-15-4-11-22(26-13-15)28-23-19(17(12-24)14-25-18-6-7-18)9-10-21-20(23)8-5-16(2)27(21)3/h4,9-14,16,18H,5-8,24H2,1-3H3. The van der Waals surface area contributed by atoms with E-state index >= 15 is 0 Å². The lowest BCUT2D eigenvalue weighted by Crippen LogP contribution is -2.33. The van der Waals surface area contributed by atoms with Gasteiger partial charge in [-0.2, -0.15) is 0 Å². The number of fused-ring (bicyclic) bond motifs is 1. The monoisotopic (exact) mass is 376 g/mol. The van der Waals surface area contributed by atoms with Gasteiger partial charge >= 0.3 is 0 Å². The molecule has 1 aliphatic carbocycles. The lowest BCUT2D eigenvalue weighted by Gasteiger charge is -2.35. The molecule has 2 heterocycles. The summed E-state index contributed by atoms with van der Waals surface area (Å²) in [6.07, 6.45) is 9.72. The molecule has 0 bridgehead atoms. The van der Waals surface area contributed by atoms with Gasteiger partial charge in [0.2, 0.25) is 5.88 Å². The summed E-state index contributed by atoms with van der Waals surface area (Å²) in [5.74, 6) is 1.43. The molecule has 5 nitrogen and oxygen atoms in total. The molecule has 28 heavy (non-hydrogen) atoms. The Morgan fingerprint density at radius 3 is 2.75 bits per heavy atom. The van der Waals surface area contributed by atoms with Crippen LogP contribution in [0, 0.1) is 6.92 Å². The van der Waals surface area contributed by atoms with Crippen LogP contribution in [-0.4, -0.2) is 30.3 Å². The molecular formula is C23H28N4O. The highest BCUT2D eigenvalue weighted by Crippen LogP contribution is 2.42. The molecule has 2 N–H and O–H groups in total. The molecule has 0 radical (unpaired) electrons. The number of aryl methyl sites for hydroxylation is 1. The van der Waals surface area contributed by atoms with Crippen molar-refractivity contribution in [2.75, 3.05) is 11.9 Å². The Morgan fingerprint density at radius 1 is 1.25 bits per heavy atom. The summed E-state index contributed by atoms with van der Waals surface area (Å²) in [7, 11) is 2.14. The Balaban J connectivity index is 1.79. The van der Waals surface area contributed by atoms with Gasteiger partial charge in [0.15, 0.2) is 0 Å². The van der Waals surface area contributed by atoms with Crippen LogP contribution in [0.25, 0.3) is 5.57 Å². The molecule has 1 aliphatic heterocycles. The number of aliphatic imine (C=N–C) groups is 1. The first-order chi connectivity index (χ1) is 13.6. The number of benzene rings is 1. The van der Waals surface area contributed by atoms with E-state index in [4.69, 9.17) is 10.5 Å². The Kier molecular flexibility index (Phi) is 5.07. The molecule has 0 spiro atoms. The number of hydrogen-bond donors (Lipinski definition) is 1. The third kappa shape index (κ3) is 3.75. The van der Waals surface area contributed by atoms with Gasteiger partial charge in [0.05, 0.1) is 6.04 Å². The summed E-state index contributed by atoms with van der Waals surface area (Å²) in [6.45, 7) is 4.28. The molecule has 1 saturated carbocycles. The second-order valence-corrected chi connectivity index (χ2v) is 7.85.